The fourth-order valence-electron chi connectivity index (χ4n) is 8.75. The zero-order chi connectivity index (χ0) is 33.6. The molecule has 2 aromatic rings. The van der Waals surface area contributed by atoms with E-state index in [1.54, 1.807) is 0 Å². The number of aromatic amines is 1. The summed E-state index contributed by atoms with van der Waals surface area (Å²) in [6, 6.07) is 6.84. The molecule has 5 heteroatoms. The van der Waals surface area contributed by atoms with Crippen molar-refractivity contribution in [3.05, 3.63) is 97.3 Å². The SMILES string of the molecule is CCC1=C(CC)C2=NC1=Cc1[nH]c(c(CC)c1CC)C=C1[NH+]=C(C(=CN(C)C)C3=Nc4c2cccc4C3(CC)CC)C(CC)=C1CC. The summed E-state index contributed by atoms with van der Waals surface area (Å²) >= 11 is 0. The molecule has 4 aliphatic rings. The Balaban J connectivity index is 1.79. The van der Waals surface area contributed by atoms with E-state index in [4.69, 9.17) is 9.98 Å². The summed E-state index contributed by atoms with van der Waals surface area (Å²) in [5.74, 6) is 0. The van der Waals surface area contributed by atoms with Gasteiger partial charge in [-0.25, -0.2) is 9.98 Å². The van der Waals surface area contributed by atoms with E-state index in [1.807, 2.05) is 0 Å². The first-order chi connectivity index (χ1) is 22.7. The predicted molar refractivity (Wildman–Crippen MR) is 201 cm³/mol. The van der Waals surface area contributed by atoms with Crippen LogP contribution in [0.4, 0.5) is 5.69 Å². The van der Waals surface area contributed by atoms with Crippen LogP contribution in [-0.4, -0.2) is 41.1 Å². The largest absolute Gasteiger partial charge is 0.383 e. The highest BCUT2D eigenvalue weighted by Crippen LogP contribution is 2.50. The average molecular weight is 629 g/mol. The van der Waals surface area contributed by atoms with Gasteiger partial charge in [0.15, 0.2) is 0 Å². The smallest absolute Gasteiger partial charge is 0.218 e. The molecule has 6 rings (SSSR count). The van der Waals surface area contributed by atoms with Gasteiger partial charge in [-0.1, -0.05) is 73.6 Å². The Bertz CT molecular complexity index is 1870. The van der Waals surface area contributed by atoms with Gasteiger partial charge in [-0.15, -0.1) is 0 Å². The standard InChI is InChI=1S/C42H53N5/c1-11-25-26(12-2)35-23-37-28(14-4)30(16-6)39(45-37)32(24-47(9)10)41-42(17-7,18-8)33-21-19-20-31(40(33)46-41)38-29(15-5)27(13-3)36(44-38)22-34(25)43-35/h19-24,43H,11-18H2,1-10H3/p+1. The van der Waals surface area contributed by atoms with Crippen LogP contribution in [0.25, 0.3) is 12.2 Å². The summed E-state index contributed by atoms with van der Waals surface area (Å²) in [4.78, 5) is 21.3. The van der Waals surface area contributed by atoms with Gasteiger partial charge in [0.2, 0.25) is 11.4 Å². The second kappa shape index (κ2) is 12.9. The second-order valence-corrected chi connectivity index (χ2v) is 13.5. The van der Waals surface area contributed by atoms with Gasteiger partial charge in [0.1, 0.15) is 0 Å². The van der Waals surface area contributed by atoms with Crippen LogP contribution in [0.15, 0.2) is 73.6 Å². The van der Waals surface area contributed by atoms with Gasteiger partial charge in [-0.3, -0.25) is 4.99 Å². The zero-order valence-electron chi connectivity index (χ0n) is 30.5. The Labute approximate surface area is 282 Å². The third-order valence-electron chi connectivity index (χ3n) is 11.0. The number of benzene rings is 1. The van der Waals surface area contributed by atoms with Gasteiger partial charge in [-0.2, -0.15) is 0 Å². The summed E-state index contributed by atoms with van der Waals surface area (Å²) in [5.41, 5.74) is 21.0. The van der Waals surface area contributed by atoms with Crippen LogP contribution < -0.4 is 4.99 Å². The van der Waals surface area contributed by atoms with Crippen LogP contribution >= 0.6 is 0 Å². The first-order valence-electron chi connectivity index (χ1n) is 18.2. The van der Waals surface area contributed by atoms with Crippen LogP contribution in [0, 0.1) is 0 Å². The lowest BCUT2D eigenvalue weighted by Gasteiger charge is -2.31. The first kappa shape index (κ1) is 32.9. The number of H-pyrrole nitrogens is 1. The van der Waals surface area contributed by atoms with E-state index in [2.05, 4.69) is 121 Å². The van der Waals surface area contributed by atoms with Crippen molar-refractivity contribution in [1.29, 1.82) is 0 Å². The summed E-state index contributed by atoms with van der Waals surface area (Å²) in [7, 11) is 4.27. The number of nitrogens with zero attached hydrogens (tertiary/aromatic N) is 3. The predicted octanol–water partition coefficient (Wildman–Crippen LogP) is 8.70. The summed E-state index contributed by atoms with van der Waals surface area (Å²) in [5, 5.41) is 0. The van der Waals surface area contributed by atoms with Crippen molar-refractivity contribution in [3.63, 3.8) is 0 Å². The van der Waals surface area contributed by atoms with Crippen molar-refractivity contribution < 1.29 is 4.99 Å². The number of allylic oxidation sites excluding steroid dienone is 5. The molecular weight excluding hydrogens is 574 g/mol. The molecule has 0 saturated heterocycles. The highest BCUT2D eigenvalue weighted by Gasteiger charge is 2.47. The van der Waals surface area contributed by atoms with Crippen molar-refractivity contribution >= 4 is 35.0 Å². The number of hydrogen-bond donors (Lipinski definition) is 2. The molecule has 0 spiro atoms. The van der Waals surface area contributed by atoms with Gasteiger partial charge in [0.25, 0.3) is 0 Å². The minimum absolute atomic E-state index is 0.200. The highest BCUT2D eigenvalue weighted by atomic mass is 15.0. The Hall–Kier alpha value is -3.99. The van der Waals surface area contributed by atoms with Crippen LogP contribution in [0.5, 0.6) is 0 Å². The van der Waals surface area contributed by atoms with Gasteiger partial charge in [0.05, 0.1) is 28.4 Å². The summed E-state index contributed by atoms with van der Waals surface area (Å²) < 4.78 is 0. The summed E-state index contributed by atoms with van der Waals surface area (Å²) in [6.07, 6.45) is 14.7. The molecule has 2 N–H and O–H groups in total. The molecule has 1 aromatic heterocycles. The third kappa shape index (κ3) is 5.00. The molecule has 0 radical (unpaired) electrons. The molecule has 0 unspecified atom stereocenters. The normalized spacial score (nSPS) is 18.9. The molecule has 0 saturated carbocycles. The van der Waals surface area contributed by atoms with E-state index >= 15 is 0 Å². The molecule has 0 aliphatic carbocycles. The second-order valence-electron chi connectivity index (χ2n) is 13.5. The third-order valence-corrected chi connectivity index (χ3v) is 11.0. The molecule has 5 nitrogen and oxygen atoms in total. The van der Waals surface area contributed by atoms with Gasteiger partial charge < -0.3 is 9.88 Å². The molecule has 1 aromatic carbocycles. The molecule has 0 atom stereocenters. The lowest BCUT2D eigenvalue weighted by molar-refractivity contribution is -0.385. The van der Waals surface area contributed by atoms with Crippen molar-refractivity contribution in [3.8, 4) is 0 Å². The quantitative estimate of drug-likeness (QED) is 0.287. The van der Waals surface area contributed by atoms with Crippen LogP contribution in [0.1, 0.15) is 128 Å². The van der Waals surface area contributed by atoms with E-state index in [9.17, 15) is 0 Å². The summed E-state index contributed by atoms with van der Waals surface area (Å²) in [6.45, 7) is 18.4. The lowest BCUT2D eigenvalue weighted by atomic mass is 9.69. The molecule has 0 amide bonds. The van der Waals surface area contributed by atoms with Gasteiger partial charge in [-0.05, 0) is 85.3 Å². The monoisotopic (exact) mass is 628 g/mol. The van der Waals surface area contributed by atoms with E-state index in [0.29, 0.717) is 0 Å². The minimum atomic E-state index is -0.200. The molecule has 246 valence electrons. The van der Waals surface area contributed by atoms with E-state index in [1.165, 1.54) is 73.1 Å². The van der Waals surface area contributed by atoms with Crippen molar-refractivity contribution in [1.82, 2.24) is 9.88 Å². The zero-order valence-corrected chi connectivity index (χ0v) is 30.5. The van der Waals surface area contributed by atoms with Crippen molar-refractivity contribution in [2.45, 2.75) is 112 Å². The van der Waals surface area contributed by atoms with Crippen LogP contribution in [-0.2, 0) is 18.3 Å². The van der Waals surface area contributed by atoms with E-state index in [-0.39, 0.29) is 5.41 Å². The van der Waals surface area contributed by atoms with Crippen LogP contribution in [0.2, 0.25) is 0 Å². The molecule has 4 aliphatic heterocycles. The lowest BCUT2D eigenvalue weighted by Crippen LogP contribution is -2.69. The fourth-order valence-corrected chi connectivity index (χ4v) is 8.75. The molecule has 8 bridgehead atoms. The Morgan fingerprint density at radius 2 is 1.38 bits per heavy atom. The number of aliphatic imine (C=N–C) groups is 2. The topological polar surface area (TPSA) is 57.7 Å². The highest BCUT2D eigenvalue weighted by molar-refractivity contribution is 6.33. The van der Waals surface area contributed by atoms with E-state index in [0.717, 1.165) is 74.0 Å². The first-order valence-corrected chi connectivity index (χ1v) is 18.2. The number of rotatable bonds is 9. The molecular formula is C42H54N5+. The van der Waals surface area contributed by atoms with Gasteiger partial charge >= 0.3 is 0 Å². The minimum Gasteiger partial charge on any atom is -0.383 e. The molecule has 0 fully saturated rings. The fraction of sp³-hybridized carbons (Fsp3) is 0.452. The van der Waals surface area contributed by atoms with Crippen molar-refractivity contribution in [2.75, 3.05) is 14.1 Å². The maximum atomic E-state index is 5.72. The van der Waals surface area contributed by atoms with E-state index < -0.39 is 0 Å². The Morgan fingerprint density at radius 3 is 1.96 bits per heavy atom. The number of aromatic nitrogens is 1. The Kier molecular flexibility index (Phi) is 9.04. The number of nitrogens with one attached hydrogen (secondary N) is 2. The maximum absolute atomic E-state index is 5.72. The van der Waals surface area contributed by atoms with Crippen LogP contribution in [0.3, 0.4) is 0 Å². The molecule has 5 heterocycles. The number of fused-ring (bicyclic) bond motifs is 5. The van der Waals surface area contributed by atoms with Crippen molar-refractivity contribution in [2.24, 2.45) is 9.98 Å². The average Bonchev–Trinajstić information content (AvgIpc) is 3.81. The number of para-hydroxylation sites is 1. The Morgan fingerprint density at radius 1 is 0.745 bits per heavy atom. The van der Waals surface area contributed by atoms with Gasteiger partial charge in [0, 0.05) is 59.9 Å². The molecule has 47 heavy (non-hydrogen) atoms. The number of hydrogen-bond acceptors (Lipinski definition) is 3. The maximum Gasteiger partial charge on any atom is 0.218 e.